The summed E-state index contributed by atoms with van der Waals surface area (Å²) in [5, 5.41) is 10.9. The van der Waals surface area contributed by atoms with Crippen molar-refractivity contribution in [1.82, 2.24) is 4.57 Å². The zero-order valence-electron chi connectivity index (χ0n) is 18.4. The number of carbonyl (C=O) groups excluding carboxylic acids is 3. The van der Waals surface area contributed by atoms with Gasteiger partial charge in [0.2, 0.25) is 0 Å². The average molecular weight is 484 g/mol. The SMILES string of the molecule is CCOC(=O)Cn1c(=NC(=O)C=Cc2cccc([N+](=O)[O-])c2)sc2cc(C(=O)OCC)ccc21. The number of fused-ring (bicyclic) bond motifs is 1. The Morgan fingerprint density at radius 3 is 2.59 bits per heavy atom. The van der Waals surface area contributed by atoms with Crippen LogP contribution < -0.4 is 4.80 Å². The number of nitrogens with zero attached hydrogens (tertiary/aromatic N) is 3. The quantitative estimate of drug-likeness (QED) is 0.207. The molecule has 10 nitrogen and oxygen atoms in total. The van der Waals surface area contributed by atoms with Gasteiger partial charge in [0, 0.05) is 18.2 Å². The number of benzene rings is 2. The molecule has 3 aromatic rings. The minimum absolute atomic E-state index is 0.0965. The van der Waals surface area contributed by atoms with Crippen LogP contribution in [0.15, 0.2) is 53.5 Å². The fourth-order valence-corrected chi connectivity index (χ4v) is 4.10. The van der Waals surface area contributed by atoms with E-state index in [0.717, 1.165) is 11.3 Å². The van der Waals surface area contributed by atoms with Crippen LogP contribution in [0.4, 0.5) is 5.69 Å². The first-order chi connectivity index (χ1) is 16.3. The number of thiazole rings is 1. The van der Waals surface area contributed by atoms with Crippen molar-refractivity contribution in [3.63, 3.8) is 0 Å². The van der Waals surface area contributed by atoms with E-state index in [1.165, 1.54) is 34.9 Å². The number of amides is 1. The molecule has 0 bridgehead atoms. The first kappa shape index (κ1) is 24.5. The second-order valence-electron chi connectivity index (χ2n) is 6.81. The molecular formula is C23H21N3O7S. The van der Waals surface area contributed by atoms with E-state index in [0.29, 0.717) is 21.3 Å². The number of nitro groups is 1. The third-order valence-electron chi connectivity index (χ3n) is 4.49. The summed E-state index contributed by atoms with van der Waals surface area (Å²) < 4.78 is 12.2. The van der Waals surface area contributed by atoms with Gasteiger partial charge in [0.25, 0.3) is 11.6 Å². The highest BCUT2D eigenvalue weighted by Gasteiger charge is 2.15. The normalized spacial score (nSPS) is 11.6. The minimum Gasteiger partial charge on any atom is -0.465 e. The summed E-state index contributed by atoms with van der Waals surface area (Å²) in [6.07, 6.45) is 2.60. The number of nitro benzene ring substituents is 1. The molecule has 1 heterocycles. The molecule has 0 aliphatic rings. The maximum atomic E-state index is 12.5. The molecule has 176 valence electrons. The van der Waals surface area contributed by atoms with E-state index >= 15 is 0 Å². The van der Waals surface area contributed by atoms with Crippen molar-refractivity contribution in [2.75, 3.05) is 13.2 Å². The molecule has 0 fully saturated rings. The van der Waals surface area contributed by atoms with E-state index < -0.39 is 22.8 Å². The van der Waals surface area contributed by atoms with Gasteiger partial charge in [-0.2, -0.15) is 4.99 Å². The Bertz CT molecular complexity index is 1350. The van der Waals surface area contributed by atoms with E-state index in [9.17, 15) is 24.5 Å². The maximum Gasteiger partial charge on any atom is 0.338 e. The van der Waals surface area contributed by atoms with Crippen LogP contribution in [-0.2, 0) is 25.6 Å². The Labute approximate surface area is 197 Å². The number of rotatable bonds is 8. The third-order valence-corrected chi connectivity index (χ3v) is 5.53. The largest absolute Gasteiger partial charge is 0.465 e. The van der Waals surface area contributed by atoms with Crippen molar-refractivity contribution >= 4 is 51.2 Å². The molecule has 2 aromatic carbocycles. The predicted molar refractivity (Wildman–Crippen MR) is 125 cm³/mol. The highest BCUT2D eigenvalue weighted by Crippen LogP contribution is 2.20. The van der Waals surface area contributed by atoms with E-state index in [-0.39, 0.29) is 30.2 Å². The Morgan fingerprint density at radius 2 is 1.88 bits per heavy atom. The number of ether oxygens (including phenoxy) is 2. The van der Waals surface area contributed by atoms with Crippen molar-refractivity contribution in [2.24, 2.45) is 4.99 Å². The number of aromatic nitrogens is 1. The molecule has 1 aromatic heterocycles. The maximum absolute atomic E-state index is 12.5. The van der Waals surface area contributed by atoms with Crippen LogP contribution in [0.2, 0.25) is 0 Å². The first-order valence-electron chi connectivity index (χ1n) is 10.3. The molecule has 34 heavy (non-hydrogen) atoms. The van der Waals surface area contributed by atoms with Crippen molar-refractivity contribution in [3.8, 4) is 0 Å². The van der Waals surface area contributed by atoms with Crippen LogP contribution in [0.1, 0.15) is 29.8 Å². The molecule has 0 N–H and O–H groups in total. The second kappa shape index (κ2) is 11.1. The topological polar surface area (TPSA) is 130 Å². The Hall–Kier alpha value is -4.12. The van der Waals surface area contributed by atoms with E-state index in [1.807, 2.05) is 0 Å². The summed E-state index contributed by atoms with van der Waals surface area (Å²) in [4.78, 5) is 51.5. The highest BCUT2D eigenvalue weighted by molar-refractivity contribution is 7.16. The van der Waals surface area contributed by atoms with Gasteiger partial charge in [-0.3, -0.25) is 19.7 Å². The lowest BCUT2D eigenvalue weighted by Gasteiger charge is -2.06. The molecule has 0 atom stereocenters. The lowest BCUT2D eigenvalue weighted by atomic mass is 10.2. The lowest BCUT2D eigenvalue weighted by molar-refractivity contribution is -0.384. The van der Waals surface area contributed by atoms with E-state index in [4.69, 9.17) is 9.47 Å². The summed E-state index contributed by atoms with van der Waals surface area (Å²) in [7, 11) is 0. The van der Waals surface area contributed by atoms with Gasteiger partial charge in [-0.05, 0) is 43.7 Å². The van der Waals surface area contributed by atoms with Crippen molar-refractivity contribution in [3.05, 3.63) is 74.6 Å². The van der Waals surface area contributed by atoms with Gasteiger partial charge < -0.3 is 14.0 Å². The zero-order chi connectivity index (χ0) is 24.7. The van der Waals surface area contributed by atoms with Crippen molar-refractivity contribution < 1.29 is 28.8 Å². The molecule has 11 heteroatoms. The van der Waals surface area contributed by atoms with Crippen LogP contribution in [0.5, 0.6) is 0 Å². The second-order valence-corrected chi connectivity index (χ2v) is 7.82. The van der Waals surface area contributed by atoms with Crippen molar-refractivity contribution in [2.45, 2.75) is 20.4 Å². The van der Waals surface area contributed by atoms with Crippen LogP contribution in [0.3, 0.4) is 0 Å². The molecule has 0 saturated heterocycles. The molecule has 0 spiro atoms. The van der Waals surface area contributed by atoms with E-state index in [2.05, 4.69) is 4.99 Å². The number of non-ortho nitro benzene ring substituents is 1. The molecule has 0 aliphatic heterocycles. The number of esters is 2. The number of hydrogen-bond donors (Lipinski definition) is 0. The third kappa shape index (κ3) is 6.01. The van der Waals surface area contributed by atoms with Crippen LogP contribution >= 0.6 is 11.3 Å². The minimum atomic E-state index is -0.624. The summed E-state index contributed by atoms with van der Waals surface area (Å²) in [5.74, 6) is -1.61. The number of carbonyl (C=O) groups is 3. The smallest absolute Gasteiger partial charge is 0.338 e. The van der Waals surface area contributed by atoms with Gasteiger partial charge in [-0.25, -0.2) is 4.79 Å². The molecule has 0 radical (unpaired) electrons. The van der Waals surface area contributed by atoms with Gasteiger partial charge in [-0.1, -0.05) is 23.5 Å². The predicted octanol–water partition coefficient (Wildman–Crippen LogP) is 3.49. The fraction of sp³-hybridized carbons (Fsp3) is 0.217. The highest BCUT2D eigenvalue weighted by atomic mass is 32.1. The Morgan fingerprint density at radius 1 is 1.12 bits per heavy atom. The van der Waals surface area contributed by atoms with Gasteiger partial charge in [0.1, 0.15) is 6.54 Å². The molecule has 3 rings (SSSR count). The molecule has 0 unspecified atom stereocenters. The summed E-state index contributed by atoms with van der Waals surface area (Å²) >= 11 is 1.13. The van der Waals surface area contributed by atoms with Crippen LogP contribution in [0, 0.1) is 10.1 Å². The average Bonchev–Trinajstić information content (AvgIpc) is 3.14. The summed E-state index contributed by atoms with van der Waals surface area (Å²) in [6.45, 7) is 3.65. The fourth-order valence-electron chi connectivity index (χ4n) is 3.03. The molecule has 1 amide bonds. The summed E-state index contributed by atoms with van der Waals surface area (Å²) in [5.41, 5.74) is 1.30. The molecule has 0 aliphatic carbocycles. The van der Waals surface area contributed by atoms with Gasteiger partial charge >= 0.3 is 11.9 Å². The Balaban J connectivity index is 1.99. The molecule has 0 saturated carbocycles. The molecular weight excluding hydrogens is 462 g/mol. The number of hydrogen-bond acceptors (Lipinski definition) is 8. The van der Waals surface area contributed by atoms with Gasteiger partial charge in [0.15, 0.2) is 4.80 Å². The van der Waals surface area contributed by atoms with Gasteiger partial charge in [0.05, 0.1) is 33.9 Å². The van der Waals surface area contributed by atoms with Crippen LogP contribution in [-0.4, -0.2) is 40.5 Å². The first-order valence-corrected chi connectivity index (χ1v) is 11.1. The Kier molecular flexibility index (Phi) is 8.04. The van der Waals surface area contributed by atoms with Crippen LogP contribution in [0.25, 0.3) is 16.3 Å². The van der Waals surface area contributed by atoms with Crippen molar-refractivity contribution in [1.29, 1.82) is 0 Å². The zero-order valence-corrected chi connectivity index (χ0v) is 19.2. The standard InChI is InChI=1S/C23H21N3O7S/c1-3-32-21(28)14-25-18-10-9-16(22(29)33-4-2)13-19(18)34-23(25)24-20(27)11-8-15-6-5-7-17(12-15)26(30)31/h5-13H,3-4,14H2,1-2H3. The van der Waals surface area contributed by atoms with Gasteiger partial charge in [-0.15, -0.1) is 0 Å². The lowest BCUT2D eigenvalue weighted by Crippen LogP contribution is -2.22. The summed E-state index contributed by atoms with van der Waals surface area (Å²) in [6, 6.07) is 10.7. The monoisotopic (exact) mass is 483 g/mol. The van der Waals surface area contributed by atoms with E-state index in [1.54, 1.807) is 38.1 Å².